The summed E-state index contributed by atoms with van der Waals surface area (Å²) in [6, 6.07) is 7.90. The second-order valence-corrected chi connectivity index (χ2v) is 11.5. The SMILES string of the molecule is COC(=NC[Si](C)(C)C)c1ccc(SCl)cc1. The standard InChI is InChI=1S/C12H18ClNOSSi/c1-15-12(14-9-17(2,3)4)10-5-7-11(16-13)8-6-10/h5-8H,9H2,1-4H3. The van der Waals surface area contributed by atoms with Gasteiger partial charge in [0.05, 0.1) is 15.2 Å². The van der Waals surface area contributed by atoms with E-state index in [4.69, 9.17) is 15.4 Å². The first-order valence-corrected chi connectivity index (χ1v) is 10.8. The van der Waals surface area contributed by atoms with Crippen LogP contribution in [-0.4, -0.2) is 27.2 Å². The fourth-order valence-corrected chi connectivity index (χ4v) is 2.40. The molecule has 0 N–H and O–H groups in total. The van der Waals surface area contributed by atoms with Gasteiger partial charge in [-0.05, 0) is 45.9 Å². The van der Waals surface area contributed by atoms with Crippen molar-refractivity contribution in [3.05, 3.63) is 29.8 Å². The minimum Gasteiger partial charge on any atom is -0.481 e. The van der Waals surface area contributed by atoms with Gasteiger partial charge < -0.3 is 4.74 Å². The van der Waals surface area contributed by atoms with Crippen LogP contribution in [0.5, 0.6) is 0 Å². The molecule has 1 aromatic carbocycles. The summed E-state index contributed by atoms with van der Waals surface area (Å²) in [6.45, 7) is 6.87. The van der Waals surface area contributed by atoms with Crippen LogP contribution in [0.1, 0.15) is 5.56 Å². The average molecular weight is 288 g/mol. The lowest BCUT2D eigenvalue weighted by Crippen LogP contribution is -2.26. The molecule has 2 nitrogen and oxygen atoms in total. The minimum absolute atomic E-state index is 0.707. The highest BCUT2D eigenvalue weighted by molar-refractivity contribution is 8.21. The van der Waals surface area contributed by atoms with Crippen LogP contribution in [0.2, 0.25) is 19.6 Å². The van der Waals surface area contributed by atoms with Gasteiger partial charge in [-0.3, -0.25) is 4.99 Å². The molecule has 0 unspecified atom stereocenters. The molecule has 0 atom stereocenters. The number of aliphatic imine (C=N–C) groups is 1. The highest BCUT2D eigenvalue weighted by Gasteiger charge is 2.13. The third-order valence-electron chi connectivity index (χ3n) is 2.08. The van der Waals surface area contributed by atoms with E-state index in [0.29, 0.717) is 5.90 Å². The van der Waals surface area contributed by atoms with E-state index < -0.39 is 8.07 Å². The van der Waals surface area contributed by atoms with E-state index in [-0.39, 0.29) is 0 Å². The van der Waals surface area contributed by atoms with E-state index in [1.165, 1.54) is 11.0 Å². The van der Waals surface area contributed by atoms with E-state index in [2.05, 4.69) is 24.6 Å². The number of halogens is 1. The van der Waals surface area contributed by atoms with Crippen molar-refractivity contribution in [3.8, 4) is 0 Å². The number of ether oxygens (including phenoxy) is 1. The second kappa shape index (κ2) is 6.47. The van der Waals surface area contributed by atoms with Crippen LogP contribution in [0.3, 0.4) is 0 Å². The van der Waals surface area contributed by atoms with Gasteiger partial charge in [-0.25, -0.2) is 0 Å². The largest absolute Gasteiger partial charge is 0.481 e. The molecule has 94 valence electrons. The van der Waals surface area contributed by atoms with Crippen molar-refractivity contribution < 1.29 is 4.74 Å². The summed E-state index contributed by atoms with van der Waals surface area (Å²) in [5.41, 5.74) is 1.00. The molecule has 5 heteroatoms. The van der Waals surface area contributed by atoms with E-state index in [1.807, 2.05) is 24.3 Å². The van der Waals surface area contributed by atoms with Crippen LogP contribution in [0.4, 0.5) is 0 Å². The maximum Gasteiger partial charge on any atom is 0.215 e. The monoisotopic (exact) mass is 287 g/mol. The number of methoxy groups -OCH3 is 1. The fourth-order valence-electron chi connectivity index (χ4n) is 1.23. The Morgan fingerprint density at radius 1 is 1.29 bits per heavy atom. The van der Waals surface area contributed by atoms with Crippen molar-refractivity contribution in [2.75, 3.05) is 13.3 Å². The first-order valence-electron chi connectivity index (χ1n) is 5.44. The molecule has 1 aromatic rings. The molecule has 0 saturated heterocycles. The van der Waals surface area contributed by atoms with Gasteiger partial charge in [0.15, 0.2) is 0 Å². The lowest BCUT2D eigenvalue weighted by atomic mass is 10.2. The number of hydrogen-bond donors (Lipinski definition) is 0. The van der Waals surface area contributed by atoms with Gasteiger partial charge in [-0.2, -0.15) is 0 Å². The van der Waals surface area contributed by atoms with Crippen molar-refractivity contribution in [2.24, 2.45) is 4.99 Å². The number of benzene rings is 1. The van der Waals surface area contributed by atoms with Gasteiger partial charge >= 0.3 is 0 Å². The normalized spacial score (nSPS) is 12.6. The highest BCUT2D eigenvalue weighted by atomic mass is 35.7. The van der Waals surface area contributed by atoms with Crippen LogP contribution in [0.25, 0.3) is 0 Å². The van der Waals surface area contributed by atoms with Gasteiger partial charge in [-0.15, -0.1) is 0 Å². The Bertz CT molecular complexity index is 386. The molecule has 0 radical (unpaired) electrons. The van der Waals surface area contributed by atoms with E-state index in [9.17, 15) is 0 Å². The Morgan fingerprint density at radius 3 is 2.29 bits per heavy atom. The smallest absolute Gasteiger partial charge is 0.215 e. The molecule has 0 bridgehead atoms. The summed E-state index contributed by atoms with van der Waals surface area (Å²) in [5.74, 6) is 0.707. The van der Waals surface area contributed by atoms with E-state index >= 15 is 0 Å². The van der Waals surface area contributed by atoms with Crippen LogP contribution in [0, 0.1) is 0 Å². The minimum atomic E-state index is -1.18. The molecule has 17 heavy (non-hydrogen) atoms. The third kappa shape index (κ3) is 5.15. The lowest BCUT2D eigenvalue weighted by Gasteiger charge is -2.13. The van der Waals surface area contributed by atoms with E-state index in [0.717, 1.165) is 16.6 Å². The Labute approximate surface area is 113 Å². The van der Waals surface area contributed by atoms with Gasteiger partial charge in [0.1, 0.15) is 0 Å². The molecule has 0 aliphatic heterocycles. The Kier molecular flexibility index (Phi) is 5.56. The summed E-state index contributed by atoms with van der Waals surface area (Å²) >= 11 is 0. The first-order chi connectivity index (χ1) is 7.96. The first kappa shape index (κ1) is 14.6. The van der Waals surface area contributed by atoms with Crippen LogP contribution in [-0.2, 0) is 4.74 Å². The van der Waals surface area contributed by atoms with E-state index in [1.54, 1.807) is 7.11 Å². The second-order valence-electron chi connectivity index (χ2n) is 4.99. The summed E-state index contributed by atoms with van der Waals surface area (Å²) in [4.78, 5) is 5.58. The van der Waals surface area contributed by atoms with Gasteiger partial charge in [0.25, 0.3) is 0 Å². The summed E-state index contributed by atoms with van der Waals surface area (Å²) < 4.78 is 5.34. The zero-order valence-electron chi connectivity index (χ0n) is 10.7. The van der Waals surface area contributed by atoms with Crippen LogP contribution < -0.4 is 0 Å². The Hall–Kier alpha value is -0.453. The third-order valence-corrected chi connectivity index (χ3v) is 4.17. The molecule has 1 rings (SSSR count). The van der Waals surface area contributed by atoms with Crippen molar-refractivity contribution in [2.45, 2.75) is 24.5 Å². The maximum atomic E-state index is 5.67. The average Bonchev–Trinajstić information content (AvgIpc) is 2.29. The van der Waals surface area contributed by atoms with Crippen molar-refractivity contribution >= 4 is 35.6 Å². The Balaban J connectivity index is 2.85. The predicted molar refractivity (Wildman–Crippen MR) is 79.9 cm³/mol. The fraction of sp³-hybridized carbons (Fsp3) is 0.417. The molecule has 0 heterocycles. The van der Waals surface area contributed by atoms with Crippen molar-refractivity contribution in [3.63, 3.8) is 0 Å². The molecule has 0 fully saturated rings. The van der Waals surface area contributed by atoms with Gasteiger partial charge in [0.2, 0.25) is 5.90 Å². The number of hydrogen-bond acceptors (Lipinski definition) is 3. The zero-order chi connectivity index (χ0) is 12.9. The molecule has 0 aromatic heterocycles. The van der Waals surface area contributed by atoms with Crippen molar-refractivity contribution in [1.82, 2.24) is 0 Å². The molecule has 0 aliphatic carbocycles. The van der Waals surface area contributed by atoms with Crippen LogP contribution in [0.15, 0.2) is 34.2 Å². The quantitative estimate of drug-likeness (QED) is 0.470. The number of nitrogens with zero attached hydrogens (tertiary/aromatic N) is 1. The predicted octanol–water partition coefficient (Wildman–Crippen LogP) is 4.20. The highest BCUT2D eigenvalue weighted by Crippen LogP contribution is 2.22. The molecule has 0 aliphatic rings. The molecule has 0 saturated carbocycles. The number of rotatable bonds is 4. The summed E-state index contributed by atoms with van der Waals surface area (Å²) in [5, 5.41) is 0. The van der Waals surface area contributed by atoms with Gasteiger partial charge in [-0.1, -0.05) is 19.6 Å². The maximum absolute atomic E-state index is 5.67. The van der Waals surface area contributed by atoms with Crippen molar-refractivity contribution in [1.29, 1.82) is 0 Å². The van der Waals surface area contributed by atoms with Gasteiger partial charge in [0, 0.05) is 16.6 Å². The summed E-state index contributed by atoms with van der Waals surface area (Å²) in [6.07, 6.45) is 0.877. The molecular weight excluding hydrogens is 270 g/mol. The summed E-state index contributed by atoms with van der Waals surface area (Å²) in [7, 11) is 7.37. The molecule has 0 amide bonds. The zero-order valence-corrected chi connectivity index (χ0v) is 13.2. The molecular formula is C12H18ClNOSSi. The topological polar surface area (TPSA) is 21.6 Å². The molecule has 0 spiro atoms. The van der Waals surface area contributed by atoms with Crippen LogP contribution >= 0.6 is 21.7 Å². The Morgan fingerprint density at radius 2 is 1.88 bits per heavy atom. The lowest BCUT2D eigenvalue weighted by molar-refractivity contribution is 0.403.